The first kappa shape index (κ1) is 13.3. The second-order valence-corrected chi connectivity index (χ2v) is 5.98. The molecule has 2 saturated heterocycles. The Balaban J connectivity index is 1.76. The summed E-state index contributed by atoms with van der Waals surface area (Å²) in [5.74, 6) is 0.251. The summed E-state index contributed by atoms with van der Waals surface area (Å²) in [5.41, 5.74) is 1.01. The molecule has 0 N–H and O–H groups in total. The van der Waals surface area contributed by atoms with Crippen molar-refractivity contribution in [3.8, 4) is 6.07 Å². The number of pyridine rings is 1. The quantitative estimate of drug-likeness (QED) is 0.774. The smallest absolute Gasteiger partial charge is 0.184 e. The first-order valence-corrected chi connectivity index (χ1v) is 7.31. The van der Waals surface area contributed by atoms with Crippen LogP contribution < -0.4 is 0 Å². The zero-order valence-corrected chi connectivity index (χ0v) is 11.7. The second-order valence-electron chi connectivity index (χ2n) is 5.98. The van der Waals surface area contributed by atoms with Crippen LogP contribution in [0.5, 0.6) is 0 Å². The lowest BCUT2D eigenvalue weighted by Gasteiger charge is -2.46. The van der Waals surface area contributed by atoms with Crippen molar-refractivity contribution in [2.24, 2.45) is 5.92 Å². The topological polar surface area (TPSA) is 57.0 Å². The standard InChI is InChI=1S/C16H19N3O/c1-19-13-3-2-4-14(19)8-12(7-13)16(20)15-6-5-11(9-17)10-18-15/h5-6,10,12-14H,2-4,7-8H2,1H3. The number of carbonyl (C=O) groups excluding carboxylic acids is 1. The van der Waals surface area contributed by atoms with Gasteiger partial charge in [-0.25, -0.2) is 0 Å². The minimum absolute atomic E-state index is 0.0990. The van der Waals surface area contributed by atoms with E-state index in [4.69, 9.17) is 5.26 Å². The maximum atomic E-state index is 12.6. The molecule has 20 heavy (non-hydrogen) atoms. The van der Waals surface area contributed by atoms with Crippen LogP contribution in [0.15, 0.2) is 18.3 Å². The van der Waals surface area contributed by atoms with E-state index in [-0.39, 0.29) is 11.7 Å². The largest absolute Gasteiger partial charge is 0.300 e. The second kappa shape index (κ2) is 5.34. The Hall–Kier alpha value is -1.73. The van der Waals surface area contributed by atoms with Crippen LogP contribution in [0.3, 0.4) is 0 Å². The number of hydrogen-bond acceptors (Lipinski definition) is 4. The minimum Gasteiger partial charge on any atom is -0.300 e. The van der Waals surface area contributed by atoms with Gasteiger partial charge in [-0.3, -0.25) is 9.78 Å². The zero-order chi connectivity index (χ0) is 14.1. The Bertz CT molecular complexity index is 532. The molecule has 0 amide bonds. The van der Waals surface area contributed by atoms with Gasteiger partial charge in [0.1, 0.15) is 11.8 Å². The van der Waals surface area contributed by atoms with Crippen LogP contribution in [0.4, 0.5) is 0 Å². The molecule has 0 aliphatic carbocycles. The Kier molecular flexibility index (Phi) is 3.54. The predicted molar refractivity (Wildman–Crippen MR) is 75.2 cm³/mol. The van der Waals surface area contributed by atoms with E-state index in [0.29, 0.717) is 23.3 Å². The van der Waals surface area contributed by atoms with E-state index in [1.54, 1.807) is 12.1 Å². The zero-order valence-electron chi connectivity index (χ0n) is 11.7. The third-order valence-electron chi connectivity index (χ3n) is 4.86. The lowest BCUT2D eigenvalue weighted by Crippen LogP contribution is -2.51. The summed E-state index contributed by atoms with van der Waals surface area (Å²) in [6.07, 6.45) is 7.09. The molecule has 1 aromatic heterocycles. The van der Waals surface area contributed by atoms with Crippen molar-refractivity contribution in [2.45, 2.75) is 44.2 Å². The molecule has 0 saturated carbocycles. The summed E-state index contributed by atoms with van der Waals surface area (Å²) in [6.45, 7) is 0. The summed E-state index contributed by atoms with van der Waals surface area (Å²) in [7, 11) is 2.19. The van der Waals surface area contributed by atoms with E-state index < -0.39 is 0 Å². The Morgan fingerprint density at radius 1 is 1.35 bits per heavy atom. The van der Waals surface area contributed by atoms with Gasteiger partial charge in [-0.05, 0) is 44.9 Å². The average Bonchev–Trinajstić information content (AvgIpc) is 2.46. The minimum atomic E-state index is 0.0990. The van der Waals surface area contributed by atoms with E-state index in [1.807, 2.05) is 6.07 Å². The van der Waals surface area contributed by atoms with E-state index in [9.17, 15) is 4.79 Å². The molecule has 3 heterocycles. The summed E-state index contributed by atoms with van der Waals surface area (Å²) < 4.78 is 0. The highest BCUT2D eigenvalue weighted by Crippen LogP contribution is 2.36. The van der Waals surface area contributed by atoms with Gasteiger partial charge in [0.25, 0.3) is 0 Å². The molecule has 2 aliphatic heterocycles. The molecule has 2 unspecified atom stereocenters. The molecular weight excluding hydrogens is 250 g/mol. The molecule has 2 bridgehead atoms. The number of carbonyl (C=O) groups is 1. The monoisotopic (exact) mass is 269 g/mol. The number of hydrogen-bond donors (Lipinski definition) is 0. The van der Waals surface area contributed by atoms with Gasteiger partial charge in [0.05, 0.1) is 5.56 Å². The highest BCUT2D eigenvalue weighted by molar-refractivity contribution is 5.96. The van der Waals surface area contributed by atoms with Crippen molar-refractivity contribution >= 4 is 5.78 Å². The summed E-state index contributed by atoms with van der Waals surface area (Å²) >= 11 is 0. The van der Waals surface area contributed by atoms with Crippen LogP contribution in [-0.2, 0) is 0 Å². The van der Waals surface area contributed by atoms with Crippen LogP contribution >= 0.6 is 0 Å². The molecule has 2 atom stereocenters. The summed E-state index contributed by atoms with van der Waals surface area (Å²) in [6, 6.07) is 6.50. The molecule has 2 fully saturated rings. The average molecular weight is 269 g/mol. The fourth-order valence-electron chi connectivity index (χ4n) is 3.64. The predicted octanol–water partition coefficient (Wildman–Crippen LogP) is 2.40. The third kappa shape index (κ3) is 2.34. The highest BCUT2D eigenvalue weighted by Gasteiger charge is 2.39. The summed E-state index contributed by atoms with van der Waals surface area (Å²) in [4.78, 5) is 19.2. The van der Waals surface area contributed by atoms with E-state index in [0.717, 1.165) is 12.8 Å². The molecule has 2 aliphatic rings. The van der Waals surface area contributed by atoms with Crippen molar-refractivity contribution in [1.82, 2.24) is 9.88 Å². The van der Waals surface area contributed by atoms with Gasteiger partial charge in [-0.1, -0.05) is 6.42 Å². The molecule has 104 valence electrons. The van der Waals surface area contributed by atoms with Gasteiger partial charge in [0, 0.05) is 24.2 Å². The molecule has 4 nitrogen and oxygen atoms in total. The number of ketones is 1. The fourth-order valence-corrected chi connectivity index (χ4v) is 3.64. The summed E-state index contributed by atoms with van der Waals surface area (Å²) in [5, 5.41) is 8.77. The first-order valence-electron chi connectivity index (χ1n) is 7.31. The number of rotatable bonds is 2. The van der Waals surface area contributed by atoms with E-state index in [2.05, 4.69) is 16.9 Å². The normalized spacial score (nSPS) is 29.7. The number of nitriles is 1. The fraction of sp³-hybridized carbons (Fsp3) is 0.562. The number of nitrogens with zero attached hydrogens (tertiary/aromatic N) is 3. The number of piperidine rings is 2. The molecular formula is C16H19N3O. The van der Waals surface area contributed by atoms with Gasteiger partial charge >= 0.3 is 0 Å². The maximum Gasteiger partial charge on any atom is 0.184 e. The highest BCUT2D eigenvalue weighted by atomic mass is 16.1. The first-order chi connectivity index (χ1) is 9.69. The Morgan fingerprint density at radius 3 is 2.60 bits per heavy atom. The van der Waals surface area contributed by atoms with Crippen molar-refractivity contribution in [3.63, 3.8) is 0 Å². The molecule has 1 aromatic rings. The Morgan fingerprint density at radius 2 is 2.05 bits per heavy atom. The number of Topliss-reactive ketones (excluding diaryl/α,β-unsaturated/α-hetero) is 1. The molecule has 3 rings (SSSR count). The molecule has 4 heteroatoms. The molecule has 0 spiro atoms. The van der Waals surface area contributed by atoms with E-state index in [1.165, 1.54) is 25.5 Å². The number of aromatic nitrogens is 1. The van der Waals surface area contributed by atoms with Crippen LogP contribution in [0.2, 0.25) is 0 Å². The number of fused-ring (bicyclic) bond motifs is 2. The van der Waals surface area contributed by atoms with Crippen LogP contribution in [-0.4, -0.2) is 34.8 Å². The van der Waals surface area contributed by atoms with Gasteiger partial charge in [-0.15, -0.1) is 0 Å². The maximum absolute atomic E-state index is 12.6. The van der Waals surface area contributed by atoms with Gasteiger partial charge in [0.15, 0.2) is 5.78 Å². The molecule has 0 radical (unpaired) electrons. The van der Waals surface area contributed by atoms with Crippen LogP contribution in [0, 0.1) is 17.2 Å². The van der Waals surface area contributed by atoms with Crippen molar-refractivity contribution in [1.29, 1.82) is 5.26 Å². The van der Waals surface area contributed by atoms with Gasteiger partial charge in [-0.2, -0.15) is 5.26 Å². The van der Waals surface area contributed by atoms with Crippen molar-refractivity contribution in [3.05, 3.63) is 29.6 Å². The van der Waals surface area contributed by atoms with Gasteiger partial charge in [0.2, 0.25) is 0 Å². The van der Waals surface area contributed by atoms with Crippen LogP contribution in [0.25, 0.3) is 0 Å². The lowest BCUT2D eigenvalue weighted by molar-refractivity contribution is 0.0336. The SMILES string of the molecule is CN1C2CCCC1CC(C(=O)c1ccc(C#N)cn1)C2. The molecule has 0 aromatic carbocycles. The Labute approximate surface area is 119 Å². The third-order valence-corrected chi connectivity index (χ3v) is 4.86. The van der Waals surface area contributed by atoms with E-state index >= 15 is 0 Å². The van der Waals surface area contributed by atoms with Gasteiger partial charge < -0.3 is 4.90 Å². The lowest BCUT2D eigenvalue weighted by atomic mass is 9.76. The van der Waals surface area contributed by atoms with Crippen molar-refractivity contribution < 1.29 is 4.79 Å². The van der Waals surface area contributed by atoms with Crippen LogP contribution in [0.1, 0.15) is 48.2 Å². The van der Waals surface area contributed by atoms with Crippen molar-refractivity contribution in [2.75, 3.05) is 7.05 Å².